The number of nitrogens with one attached hydrogen (secondary N) is 2. The summed E-state index contributed by atoms with van der Waals surface area (Å²) in [4.78, 5) is 32.9. The van der Waals surface area contributed by atoms with Gasteiger partial charge in [-0.3, -0.25) is 19.7 Å². The van der Waals surface area contributed by atoms with Crippen molar-refractivity contribution in [3.8, 4) is 0 Å². The molecule has 1 rings (SSSR count). The first-order valence-electron chi connectivity index (χ1n) is 6.94. The van der Waals surface area contributed by atoms with Gasteiger partial charge in [-0.05, 0) is 25.1 Å². The van der Waals surface area contributed by atoms with Crippen LogP contribution in [-0.2, 0) is 9.59 Å². The van der Waals surface area contributed by atoms with E-state index in [2.05, 4.69) is 10.6 Å². The number of hydrogen-bond donors (Lipinski definition) is 3. The molecule has 0 saturated carbocycles. The van der Waals surface area contributed by atoms with Crippen LogP contribution in [0.1, 0.15) is 26.2 Å². The lowest BCUT2D eigenvalue weighted by molar-refractivity contribution is -0.384. The fourth-order valence-electron chi connectivity index (χ4n) is 1.76. The minimum absolute atomic E-state index is 0.0809. The van der Waals surface area contributed by atoms with Gasteiger partial charge in [-0.2, -0.15) is 0 Å². The summed E-state index contributed by atoms with van der Waals surface area (Å²) in [6, 6.07) is 4.38. The summed E-state index contributed by atoms with van der Waals surface area (Å²) >= 11 is 0. The van der Waals surface area contributed by atoms with Crippen molar-refractivity contribution in [2.24, 2.45) is 0 Å². The maximum atomic E-state index is 11.8. The van der Waals surface area contributed by atoms with Crippen LogP contribution in [0, 0.1) is 10.1 Å². The van der Waals surface area contributed by atoms with E-state index < -0.39 is 22.8 Å². The molecule has 0 radical (unpaired) electrons. The summed E-state index contributed by atoms with van der Waals surface area (Å²) < 4.78 is 0. The molecule has 1 unspecified atom stereocenters. The Balaban J connectivity index is 2.55. The van der Waals surface area contributed by atoms with Gasteiger partial charge >= 0.3 is 5.97 Å². The highest BCUT2D eigenvalue weighted by molar-refractivity contribution is 5.94. The molecule has 0 bridgehead atoms. The smallest absolute Gasteiger partial charge is 0.321 e. The van der Waals surface area contributed by atoms with E-state index in [-0.39, 0.29) is 12.1 Å². The van der Waals surface area contributed by atoms with Gasteiger partial charge in [0.2, 0.25) is 5.91 Å². The number of non-ortho nitro benzene ring substituents is 1. The number of carboxylic acids is 1. The molecular formula is C14H19N3O5. The molecule has 0 aliphatic heterocycles. The number of amides is 1. The quantitative estimate of drug-likeness (QED) is 0.363. The first kappa shape index (κ1) is 17.6. The van der Waals surface area contributed by atoms with Gasteiger partial charge in [-0.25, -0.2) is 0 Å². The number of benzene rings is 1. The summed E-state index contributed by atoms with van der Waals surface area (Å²) in [5.41, 5.74) is 0.302. The van der Waals surface area contributed by atoms with Crippen LogP contribution in [0.15, 0.2) is 24.3 Å². The number of hydrogen-bond acceptors (Lipinski definition) is 5. The molecule has 0 saturated heterocycles. The standard InChI is InChI=1S/C14H19N3O5/c1-2-3-8-15-12(14(19)20)9-13(18)16-10-4-6-11(7-5-10)17(21)22/h4-7,12,15H,2-3,8-9H2,1H3,(H,16,18)(H,19,20). The molecule has 0 aliphatic carbocycles. The molecule has 1 aromatic carbocycles. The highest BCUT2D eigenvalue weighted by Gasteiger charge is 2.20. The van der Waals surface area contributed by atoms with Crippen molar-refractivity contribution in [2.75, 3.05) is 11.9 Å². The van der Waals surface area contributed by atoms with Crippen molar-refractivity contribution in [1.82, 2.24) is 5.32 Å². The number of aliphatic carboxylic acids is 1. The van der Waals surface area contributed by atoms with Crippen molar-refractivity contribution in [3.05, 3.63) is 34.4 Å². The number of rotatable bonds is 9. The zero-order valence-corrected chi connectivity index (χ0v) is 12.2. The van der Waals surface area contributed by atoms with Crippen molar-refractivity contribution in [1.29, 1.82) is 0 Å². The number of nitro groups is 1. The van der Waals surface area contributed by atoms with E-state index in [0.29, 0.717) is 12.2 Å². The minimum atomic E-state index is -1.09. The van der Waals surface area contributed by atoms with Gasteiger partial charge in [0.05, 0.1) is 11.3 Å². The average molecular weight is 309 g/mol. The van der Waals surface area contributed by atoms with E-state index in [4.69, 9.17) is 5.11 Å². The Bertz CT molecular complexity index is 530. The summed E-state index contributed by atoms with van der Waals surface area (Å²) in [7, 11) is 0. The molecule has 3 N–H and O–H groups in total. The van der Waals surface area contributed by atoms with E-state index in [1.54, 1.807) is 0 Å². The van der Waals surface area contributed by atoms with Gasteiger partial charge in [-0.1, -0.05) is 13.3 Å². The second kappa shape index (κ2) is 8.73. The minimum Gasteiger partial charge on any atom is -0.480 e. The topological polar surface area (TPSA) is 122 Å². The number of unbranched alkanes of at least 4 members (excludes halogenated alkanes) is 1. The zero-order valence-electron chi connectivity index (χ0n) is 12.2. The van der Waals surface area contributed by atoms with Crippen molar-refractivity contribution in [2.45, 2.75) is 32.2 Å². The highest BCUT2D eigenvalue weighted by atomic mass is 16.6. The van der Waals surface area contributed by atoms with Crippen molar-refractivity contribution < 1.29 is 19.6 Å². The van der Waals surface area contributed by atoms with E-state index in [1.165, 1.54) is 24.3 Å². The molecule has 22 heavy (non-hydrogen) atoms. The van der Waals surface area contributed by atoms with Crippen LogP contribution in [0.3, 0.4) is 0 Å². The highest BCUT2D eigenvalue weighted by Crippen LogP contribution is 2.15. The summed E-state index contributed by atoms with van der Waals surface area (Å²) in [6.07, 6.45) is 1.54. The van der Waals surface area contributed by atoms with E-state index in [0.717, 1.165) is 12.8 Å². The van der Waals surface area contributed by atoms with Crippen LogP contribution in [0.2, 0.25) is 0 Å². The molecule has 0 heterocycles. The Morgan fingerprint density at radius 2 is 1.95 bits per heavy atom. The van der Waals surface area contributed by atoms with Gasteiger partial charge < -0.3 is 15.7 Å². The second-order valence-electron chi connectivity index (χ2n) is 4.75. The number of nitrogens with zero attached hydrogens (tertiary/aromatic N) is 1. The third kappa shape index (κ3) is 5.88. The van der Waals surface area contributed by atoms with Crippen LogP contribution in [0.4, 0.5) is 11.4 Å². The number of anilines is 1. The molecular weight excluding hydrogens is 290 g/mol. The lowest BCUT2D eigenvalue weighted by Crippen LogP contribution is -2.40. The van der Waals surface area contributed by atoms with Crippen LogP contribution < -0.4 is 10.6 Å². The van der Waals surface area contributed by atoms with Gasteiger partial charge in [0.25, 0.3) is 5.69 Å². The molecule has 0 spiro atoms. The lowest BCUT2D eigenvalue weighted by Gasteiger charge is -2.14. The Hall–Kier alpha value is -2.48. The average Bonchev–Trinajstić information content (AvgIpc) is 2.46. The van der Waals surface area contributed by atoms with Gasteiger partial charge in [0.1, 0.15) is 6.04 Å². The normalized spacial score (nSPS) is 11.7. The molecule has 0 fully saturated rings. The largest absolute Gasteiger partial charge is 0.480 e. The van der Waals surface area contributed by atoms with Crippen LogP contribution >= 0.6 is 0 Å². The number of carbonyl (C=O) groups excluding carboxylic acids is 1. The van der Waals surface area contributed by atoms with Crippen LogP contribution in [0.5, 0.6) is 0 Å². The molecule has 8 heteroatoms. The Labute approximate surface area is 127 Å². The van der Waals surface area contributed by atoms with Crippen LogP contribution in [-0.4, -0.2) is 34.5 Å². The van der Waals surface area contributed by atoms with Gasteiger partial charge in [0, 0.05) is 17.8 Å². The Morgan fingerprint density at radius 3 is 2.45 bits per heavy atom. The lowest BCUT2D eigenvalue weighted by atomic mass is 10.2. The molecule has 0 aromatic heterocycles. The zero-order chi connectivity index (χ0) is 16.5. The molecule has 1 atom stereocenters. The summed E-state index contributed by atoms with van der Waals surface area (Å²) in [5, 5.41) is 24.9. The van der Waals surface area contributed by atoms with E-state index in [1.807, 2.05) is 6.92 Å². The Kier molecular flexibility index (Phi) is 6.97. The van der Waals surface area contributed by atoms with Gasteiger partial charge in [-0.15, -0.1) is 0 Å². The predicted molar refractivity (Wildman–Crippen MR) is 80.7 cm³/mol. The fraction of sp³-hybridized carbons (Fsp3) is 0.429. The number of carbonyl (C=O) groups is 2. The van der Waals surface area contributed by atoms with E-state index >= 15 is 0 Å². The molecule has 8 nitrogen and oxygen atoms in total. The van der Waals surface area contributed by atoms with E-state index in [9.17, 15) is 19.7 Å². The SMILES string of the molecule is CCCCNC(CC(=O)Nc1ccc([N+](=O)[O-])cc1)C(=O)O. The maximum Gasteiger partial charge on any atom is 0.321 e. The summed E-state index contributed by atoms with van der Waals surface area (Å²) in [5.74, 6) is -1.56. The molecule has 0 aliphatic rings. The van der Waals surface area contributed by atoms with Crippen molar-refractivity contribution >= 4 is 23.3 Å². The number of carboxylic acid groups (broad SMARTS) is 1. The first-order valence-corrected chi connectivity index (χ1v) is 6.94. The Morgan fingerprint density at radius 1 is 1.32 bits per heavy atom. The molecule has 1 amide bonds. The first-order chi connectivity index (χ1) is 10.4. The second-order valence-corrected chi connectivity index (χ2v) is 4.75. The third-order valence-corrected chi connectivity index (χ3v) is 2.97. The summed E-state index contributed by atoms with van der Waals surface area (Å²) in [6.45, 7) is 2.51. The third-order valence-electron chi connectivity index (χ3n) is 2.97. The maximum absolute atomic E-state index is 11.8. The molecule has 120 valence electrons. The van der Waals surface area contributed by atoms with Crippen molar-refractivity contribution in [3.63, 3.8) is 0 Å². The number of nitro benzene ring substituents is 1. The molecule has 1 aromatic rings. The predicted octanol–water partition coefficient (Wildman–Crippen LogP) is 1.77. The van der Waals surface area contributed by atoms with Crippen LogP contribution in [0.25, 0.3) is 0 Å². The van der Waals surface area contributed by atoms with Gasteiger partial charge in [0.15, 0.2) is 0 Å². The monoisotopic (exact) mass is 309 g/mol. The fourth-order valence-corrected chi connectivity index (χ4v) is 1.76.